The molecule has 0 saturated heterocycles. The van der Waals surface area contributed by atoms with E-state index in [1.807, 2.05) is 6.07 Å². The predicted molar refractivity (Wildman–Crippen MR) is 262 cm³/mol. The van der Waals surface area contributed by atoms with Crippen LogP contribution >= 0.6 is 0 Å². The van der Waals surface area contributed by atoms with Crippen LogP contribution in [-0.4, -0.2) is 38.0 Å². The number of hydrogen-bond acceptors (Lipinski definition) is 7. The molecular formula is C56H69NO6. The fourth-order valence-electron chi connectivity index (χ4n) is 8.32. The van der Waals surface area contributed by atoms with Gasteiger partial charge in [-0.25, -0.2) is 4.98 Å². The van der Waals surface area contributed by atoms with E-state index < -0.39 is 0 Å². The van der Waals surface area contributed by atoms with Gasteiger partial charge < -0.3 is 28.1 Å². The minimum atomic E-state index is 0.548. The molecule has 0 fully saturated rings. The molecule has 0 unspecified atom stereocenters. The Hall–Kier alpha value is -5.43. The van der Waals surface area contributed by atoms with Crippen molar-refractivity contribution in [2.75, 3.05) is 33.0 Å². The Morgan fingerprint density at radius 1 is 0.381 bits per heavy atom. The second-order valence-electron chi connectivity index (χ2n) is 16.9. The first-order chi connectivity index (χ1) is 31.1. The molecule has 1 aromatic heterocycles. The van der Waals surface area contributed by atoms with E-state index in [9.17, 15) is 0 Å². The summed E-state index contributed by atoms with van der Waals surface area (Å²) in [5, 5.41) is 6.13. The zero-order valence-corrected chi connectivity index (χ0v) is 38.6. The lowest BCUT2D eigenvalue weighted by atomic mass is 9.92. The molecule has 0 bridgehead atoms. The summed E-state index contributed by atoms with van der Waals surface area (Å²) in [5.41, 5.74) is 4.60. The number of nitrogens with zero attached hydrogens (tertiary/aromatic N) is 1. The lowest BCUT2D eigenvalue weighted by molar-refractivity contribution is 0.260. The molecule has 0 spiro atoms. The summed E-state index contributed by atoms with van der Waals surface area (Å²) >= 11 is 0. The SMILES string of the molecule is CCCCCOc1cc2c3cc(OCCCCC)c(OCCCCC)cc3c3c(cc(OCCCCC)c4oc(-c5ccc(-c6ccccc6)cc5)nc43)c2cc1OCCCCC. The minimum absolute atomic E-state index is 0.548. The van der Waals surface area contributed by atoms with Gasteiger partial charge in [-0.3, -0.25) is 0 Å². The largest absolute Gasteiger partial charge is 0.490 e. The van der Waals surface area contributed by atoms with Crippen LogP contribution in [0.2, 0.25) is 0 Å². The summed E-state index contributed by atoms with van der Waals surface area (Å²) in [4.78, 5) is 5.38. The summed E-state index contributed by atoms with van der Waals surface area (Å²) < 4.78 is 40.0. The van der Waals surface area contributed by atoms with Gasteiger partial charge in [-0.05, 0) is 113 Å². The molecular weight excluding hydrogens is 783 g/mol. The maximum absolute atomic E-state index is 6.83. The zero-order chi connectivity index (χ0) is 43.8. The van der Waals surface area contributed by atoms with E-state index in [1.165, 1.54) is 5.56 Å². The highest BCUT2D eigenvalue weighted by Crippen LogP contribution is 2.49. The molecule has 0 atom stereocenters. The quantitative estimate of drug-likeness (QED) is 0.0377. The van der Waals surface area contributed by atoms with Crippen LogP contribution in [0.1, 0.15) is 131 Å². The molecule has 0 aliphatic rings. The monoisotopic (exact) mass is 852 g/mol. The Kier molecular flexibility index (Phi) is 16.9. The summed E-state index contributed by atoms with van der Waals surface area (Å²) in [5.74, 6) is 4.26. The highest BCUT2D eigenvalue weighted by molar-refractivity contribution is 6.32. The van der Waals surface area contributed by atoms with Crippen molar-refractivity contribution in [3.63, 3.8) is 0 Å². The van der Waals surface area contributed by atoms with Crippen LogP contribution in [0.4, 0.5) is 0 Å². The Morgan fingerprint density at radius 3 is 1.16 bits per heavy atom. The van der Waals surface area contributed by atoms with E-state index >= 15 is 0 Å². The van der Waals surface area contributed by atoms with Gasteiger partial charge in [0.05, 0.1) is 33.0 Å². The van der Waals surface area contributed by atoms with E-state index in [0.29, 0.717) is 50.3 Å². The lowest BCUT2D eigenvalue weighted by Crippen LogP contribution is -2.04. The highest BCUT2D eigenvalue weighted by atomic mass is 16.5. The Balaban J connectivity index is 1.50. The number of rotatable bonds is 27. The van der Waals surface area contributed by atoms with E-state index in [4.69, 9.17) is 33.1 Å². The van der Waals surface area contributed by atoms with Gasteiger partial charge in [-0.15, -0.1) is 0 Å². The van der Waals surface area contributed by atoms with Crippen LogP contribution in [0.15, 0.2) is 89.3 Å². The average molecular weight is 852 g/mol. The molecule has 7 nitrogen and oxygen atoms in total. The van der Waals surface area contributed by atoms with E-state index in [0.717, 1.165) is 168 Å². The molecule has 6 aromatic carbocycles. The van der Waals surface area contributed by atoms with Crippen LogP contribution in [-0.2, 0) is 0 Å². The number of hydrogen-bond donors (Lipinski definition) is 0. The van der Waals surface area contributed by atoms with E-state index in [1.54, 1.807) is 0 Å². The number of unbranched alkanes of at least 4 members (excludes halogenated alkanes) is 10. The first-order valence-electron chi connectivity index (χ1n) is 24.2. The molecule has 63 heavy (non-hydrogen) atoms. The molecule has 7 heteroatoms. The fraction of sp³-hybridized carbons (Fsp3) is 0.446. The van der Waals surface area contributed by atoms with Crippen molar-refractivity contribution in [2.45, 2.75) is 131 Å². The first-order valence-corrected chi connectivity index (χ1v) is 24.2. The molecule has 0 aliphatic carbocycles. The van der Waals surface area contributed by atoms with E-state index in [2.05, 4.69) is 113 Å². The predicted octanol–water partition coefficient (Wildman–Crippen LogP) is 16.5. The molecule has 0 saturated carbocycles. The molecule has 1 heterocycles. The maximum Gasteiger partial charge on any atom is 0.227 e. The fourth-order valence-corrected chi connectivity index (χ4v) is 8.32. The van der Waals surface area contributed by atoms with Crippen molar-refractivity contribution in [1.82, 2.24) is 4.98 Å². The normalized spacial score (nSPS) is 11.6. The second kappa shape index (κ2) is 23.3. The Bertz CT molecular complexity index is 2460. The van der Waals surface area contributed by atoms with E-state index in [-0.39, 0.29) is 0 Å². The Labute approximate surface area is 375 Å². The van der Waals surface area contributed by atoms with Gasteiger partial charge in [0.1, 0.15) is 5.52 Å². The van der Waals surface area contributed by atoms with Crippen molar-refractivity contribution in [3.05, 3.63) is 84.9 Å². The van der Waals surface area contributed by atoms with Crippen molar-refractivity contribution >= 4 is 43.4 Å². The number of aromatic nitrogens is 1. The van der Waals surface area contributed by atoms with Gasteiger partial charge in [-0.1, -0.05) is 141 Å². The number of oxazole rings is 1. The molecule has 0 amide bonds. The summed E-state index contributed by atoms with van der Waals surface area (Å²) in [6.45, 7) is 14.2. The minimum Gasteiger partial charge on any atom is -0.490 e. The zero-order valence-electron chi connectivity index (χ0n) is 38.6. The van der Waals surface area contributed by atoms with Crippen LogP contribution in [0.3, 0.4) is 0 Å². The standard InChI is InChI=1S/C56H69NO6/c1-6-11-19-30-58-48-35-43-44-36-50(60-32-21-13-8-3)51(61-33-22-14-9-4)38-46(44)53-47(45(43)37-49(48)59-31-20-12-7-2)39-52(62-34-23-15-10-5)55-54(53)57-56(63-55)42-28-26-41(27-29-42)40-24-17-16-18-25-40/h16-18,24-29,35-39H,6-15,19-23,30-34H2,1-5H3. The molecule has 334 valence electrons. The number of fused-ring (bicyclic) bond motifs is 8. The summed E-state index contributed by atoms with van der Waals surface area (Å²) in [7, 11) is 0. The van der Waals surface area contributed by atoms with Gasteiger partial charge in [-0.2, -0.15) is 0 Å². The van der Waals surface area contributed by atoms with Gasteiger partial charge in [0.25, 0.3) is 0 Å². The smallest absolute Gasteiger partial charge is 0.227 e. The highest BCUT2D eigenvalue weighted by Gasteiger charge is 2.24. The third-order valence-corrected chi connectivity index (χ3v) is 11.9. The van der Waals surface area contributed by atoms with Gasteiger partial charge in [0.2, 0.25) is 5.89 Å². The van der Waals surface area contributed by atoms with Gasteiger partial charge >= 0.3 is 0 Å². The maximum atomic E-state index is 6.83. The number of ether oxygens (including phenoxy) is 5. The van der Waals surface area contributed by atoms with Crippen molar-refractivity contribution in [1.29, 1.82) is 0 Å². The van der Waals surface area contributed by atoms with Gasteiger partial charge in [0, 0.05) is 10.9 Å². The average Bonchev–Trinajstić information content (AvgIpc) is 3.77. The van der Waals surface area contributed by atoms with Crippen LogP contribution in [0, 0.1) is 0 Å². The first kappa shape index (κ1) is 45.6. The van der Waals surface area contributed by atoms with Crippen molar-refractivity contribution in [3.8, 4) is 51.3 Å². The van der Waals surface area contributed by atoms with Crippen molar-refractivity contribution < 1.29 is 28.1 Å². The van der Waals surface area contributed by atoms with Gasteiger partial charge in [0.15, 0.2) is 34.3 Å². The molecule has 0 aliphatic heterocycles. The van der Waals surface area contributed by atoms with Crippen LogP contribution in [0.25, 0.3) is 66.0 Å². The topological polar surface area (TPSA) is 72.2 Å². The third kappa shape index (κ3) is 11.2. The lowest BCUT2D eigenvalue weighted by Gasteiger charge is -2.20. The Morgan fingerprint density at radius 2 is 0.730 bits per heavy atom. The molecule has 0 N–H and O–H groups in total. The van der Waals surface area contributed by atoms with Crippen LogP contribution in [0.5, 0.6) is 28.7 Å². The molecule has 0 radical (unpaired) electrons. The summed E-state index contributed by atoms with van der Waals surface area (Å²) in [6.07, 6.45) is 16.0. The number of benzene rings is 6. The summed E-state index contributed by atoms with van der Waals surface area (Å²) in [6, 6.07) is 29.8. The molecule has 7 aromatic rings. The third-order valence-electron chi connectivity index (χ3n) is 11.9. The van der Waals surface area contributed by atoms with Crippen LogP contribution < -0.4 is 23.7 Å². The van der Waals surface area contributed by atoms with Crippen molar-refractivity contribution in [2.24, 2.45) is 0 Å². The second-order valence-corrected chi connectivity index (χ2v) is 16.9. The molecule has 7 rings (SSSR count).